The van der Waals surface area contributed by atoms with Crippen LogP contribution in [0.25, 0.3) is 0 Å². The molecule has 2 rings (SSSR count). The van der Waals surface area contributed by atoms with Crippen LogP contribution in [0.15, 0.2) is 48.7 Å². The van der Waals surface area contributed by atoms with Gasteiger partial charge in [-0.25, -0.2) is 0 Å². The highest BCUT2D eigenvalue weighted by Gasteiger charge is 2.05. The summed E-state index contributed by atoms with van der Waals surface area (Å²) in [5.41, 5.74) is 9.56. The third kappa shape index (κ3) is 4.07. The van der Waals surface area contributed by atoms with E-state index in [2.05, 4.69) is 48.1 Å². The van der Waals surface area contributed by atoms with Gasteiger partial charge < -0.3 is 10.6 Å². The molecule has 0 aliphatic carbocycles. The van der Waals surface area contributed by atoms with Crippen LogP contribution in [0.4, 0.5) is 5.69 Å². The first-order valence-corrected chi connectivity index (χ1v) is 7.14. The molecule has 0 saturated heterocycles. The molecule has 1 heterocycles. The van der Waals surface area contributed by atoms with Crippen LogP contribution in [0.5, 0.6) is 0 Å². The molecule has 3 heteroatoms. The van der Waals surface area contributed by atoms with Crippen molar-refractivity contribution in [1.82, 2.24) is 4.98 Å². The smallest absolute Gasteiger partial charge is 0.0598 e. The predicted molar refractivity (Wildman–Crippen MR) is 84.8 cm³/mol. The maximum Gasteiger partial charge on any atom is 0.0598 e. The largest absolute Gasteiger partial charge is 0.369 e. The van der Waals surface area contributed by atoms with Gasteiger partial charge in [0.1, 0.15) is 0 Å². The quantitative estimate of drug-likeness (QED) is 0.876. The van der Waals surface area contributed by atoms with E-state index in [1.54, 1.807) is 0 Å². The highest BCUT2D eigenvalue weighted by Crippen LogP contribution is 2.16. The first-order chi connectivity index (χ1) is 9.69. The maximum absolute atomic E-state index is 5.99. The summed E-state index contributed by atoms with van der Waals surface area (Å²) in [5, 5.41) is 0. The fraction of sp³-hybridized carbons (Fsp3) is 0.353. The lowest BCUT2D eigenvalue weighted by Crippen LogP contribution is -2.21. The molecule has 0 spiro atoms. The molecule has 0 bridgehead atoms. The van der Waals surface area contributed by atoms with Crippen LogP contribution >= 0.6 is 0 Å². The molecule has 0 radical (unpaired) electrons. The Bertz CT molecular complexity index is 508. The van der Waals surface area contributed by atoms with Crippen LogP contribution in [0.2, 0.25) is 0 Å². The molecule has 1 aromatic carbocycles. The van der Waals surface area contributed by atoms with Crippen molar-refractivity contribution in [2.45, 2.75) is 32.4 Å². The molecule has 1 unspecified atom stereocenters. The van der Waals surface area contributed by atoms with E-state index < -0.39 is 0 Å². The summed E-state index contributed by atoms with van der Waals surface area (Å²) in [6.07, 6.45) is 3.79. The molecule has 1 atom stereocenters. The Morgan fingerprint density at radius 2 is 1.90 bits per heavy atom. The van der Waals surface area contributed by atoms with Crippen LogP contribution in [0.1, 0.15) is 24.6 Å². The summed E-state index contributed by atoms with van der Waals surface area (Å²) < 4.78 is 0. The molecule has 0 amide bonds. The zero-order chi connectivity index (χ0) is 14.4. The van der Waals surface area contributed by atoms with Gasteiger partial charge in [-0.3, -0.25) is 4.98 Å². The summed E-state index contributed by atoms with van der Waals surface area (Å²) in [5.74, 6) is 0. The van der Waals surface area contributed by atoms with Gasteiger partial charge in [0.2, 0.25) is 0 Å². The highest BCUT2D eigenvalue weighted by molar-refractivity contribution is 5.47. The molecule has 0 fully saturated rings. The van der Waals surface area contributed by atoms with E-state index in [1.807, 2.05) is 24.4 Å². The molecule has 2 N–H and O–H groups in total. The van der Waals surface area contributed by atoms with Crippen molar-refractivity contribution < 1.29 is 0 Å². The standard InChI is InChI=1S/C17H23N3/c1-3-15(18)12-14-7-9-17(10-8-14)20(2)13-16-6-4-5-11-19-16/h4-11,15H,3,12-13,18H2,1-2H3. The predicted octanol–water partition coefficient (Wildman–Crippen LogP) is 3.00. The van der Waals surface area contributed by atoms with Crippen LogP contribution in [-0.2, 0) is 13.0 Å². The SMILES string of the molecule is CCC(N)Cc1ccc(N(C)Cc2ccccn2)cc1. The third-order valence-electron chi connectivity index (χ3n) is 3.52. The van der Waals surface area contributed by atoms with Gasteiger partial charge in [-0.1, -0.05) is 25.1 Å². The van der Waals surface area contributed by atoms with Crippen LogP contribution < -0.4 is 10.6 Å². The van der Waals surface area contributed by atoms with Crippen molar-refractivity contribution in [2.24, 2.45) is 5.73 Å². The lowest BCUT2D eigenvalue weighted by atomic mass is 10.0. The van der Waals surface area contributed by atoms with Crippen molar-refractivity contribution in [3.05, 3.63) is 59.9 Å². The molecular weight excluding hydrogens is 246 g/mol. The normalized spacial score (nSPS) is 12.2. The van der Waals surface area contributed by atoms with Gasteiger partial charge >= 0.3 is 0 Å². The molecule has 0 aliphatic rings. The topological polar surface area (TPSA) is 42.1 Å². The van der Waals surface area contributed by atoms with Gasteiger partial charge in [0.05, 0.1) is 12.2 Å². The van der Waals surface area contributed by atoms with Gasteiger partial charge in [0.25, 0.3) is 0 Å². The van der Waals surface area contributed by atoms with Crippen LogP contribution in [0.3, 0.4) is 0 Å². The Labute approximate surface area is 121 Å². The van der Waals surface area contributed by atoms with Gasteiger partial charge in [-0.15, -0.1) is 0 Å². The molecule has 106 valence electrons. The number of nitrogens with two attached hydrogens (primary N) is 1. The lowest BCUT2D eigenvalue weighted by Gasteiger charge is -2.19. The van der Waals surface area contributed by atoms with Crippen molar-refractivity contribution in [3.8, 4) is 0 Å². The minimum Gasteiger partial charge on any atom is -0.369 e. The zero-order valence-electron chi connectivity index (χ0n) is 12.3. The summed E-state index contributed by atoms with van der Waals surface area (Å²) >= 11 is 0. The Morgan fingerprint density at radius 3 is 2.50 bits per heavy atom. The number of aromatic nitrogens is 1. The van der Waals surface area contributed by atoms with Gasteiger partial charge in [-0.2, -0.15) is 0 Å². The summed E-state index contributed by atoms with van der Waals surface area (Å²) in [6.45, 7) is 2.94. The third-order valence-corrected chi connectivity index (χ3v) is 3.52. The second kappa shape index (κ2) is 7.06. The molecule has 1 aromatic heterocycles. The Kier molecular flexibility index (Phi) is 5.13. The average molecular weight is 269 g/mol. The Morgan fingerprint density at radius 1 is 1.15 bits per heavy atom. The van der Waals surface area contributed by atoms with E-state index in [9.17, 15) is 0 Å². The Hall–Kier alpha value is -1.87. The Balaban J connectivity index is 1.98. The molecule has 3 nitrogen and oxygen atoms in total. The van der Waals surface area contributed by atoms with E-state index in [0.717, 1.165) is 25.1 Å². The van der Waals surface area contributed by atoms with E-state index >= 15 is 0 Å². The lowest BCUT2D eigenvalue weighted by molar-refractivity contribution is 0.646. The van der Waals surface area contributed by atoms with Crippen LogP contribution in [0, 0.1) is 0 Å². The van der Waals surface area contributed by atoms with Crippen molar-refractivity contribution in [2.75, 3.05) is 11.9 Å². The van der Waals surface area contributed by atoms with Gasteiger partial charge in [-0.05, 0) is 42.7 Å². The van der Waals surface area contributed by atoms with Crippen molar-refractivity contribution in [3.63, 3.8) is 0 Å². The molecular formula is C17H23N3. The minimum absolute atomic E-state index is 0.257. The number of benzene rings is 1. The average Bonchev–Trinajstić information content (AvgIpc) is 2.49. The molecule has 20 heavy (non-hydrogen) atoms. The molecule has 2 aromatic rings. The number of anilines is 1. The molecule has 0 saturated carbocycles. The first kappa shape index (κ1) is 14.5. The highest BCUT2D eigenvalue weighted by atomic mass is 15.1. The number of nitrogens with zero attached hydrogens (tertiary/aromatic N) is 2. The summed E-state index contributed by atoms with van der Waals surface area (Å²) in [4.78, 5) is 6.55. The summed E-state index contributed by atoms with van der Waals surface area (Å²) in [7, 11) is 2.08. The van der Waals surface area contributed by atoms with E-state index in [1.165, 1.54) is 11.3 Å². The van der Waals surface area contributed by atoms with Gasteiger partial charge in [0, 0.05) is 25.0 Å². The number of hydrogen-bond donors (Lipinski definition) is 1. The zero-order valence-corrected chi connectivity index (χ0v) is 12.3. The first-order valence-electron chi connectivity index (χ1n) is 7.14. The van der Waals surface area contributed by atoms with Gasteiger partial charge in [0.15, 0.2) is 0 Å². The monoisotopic (exact) mass is 269 g/mol. The van der Waals surface area contributed by atoms with E-state index in [-0.39, 0.29) is 6.04 Å². The maximum atomic E-state index is 5.99. The minimum atomic E-state index is 0.257. The van der Waals surface area contributed by atoms with Crippen LogP contribution in [-0.4, -0.2) is 18.1 Å². The fourth-order valence-electron chi connectivity index (χ4n) is 2.16. The van der Waals surface area contributed by atoms with E-state index in [4.69, 9.17) is 5.73 Å². The van der Waals surface area contributed by atoms with Crippen molar-refractivity contribution in [1.29, 1.82) is 0 Å². The fourth-order valence-corrected chi connectivity index (χ4v) is 2.16. The second-order valence-electron chi connectivity index (χ2n) is 5.22. The van der Waals surface area contributed by atoms with Crippen molar-refractivity contribution >= 4 is 5.69 Å². The van der Waals surface area contributed by atoms with E-state index in [0.29, 0.717) is 0 Å². The number of rotatable bonds is 6. The summed E-state index contributed by atoms with van der Waals surface area (Å²) in [6, 6.07) is 14.9. The second-order valence-corrected chi connectivity index (χ2v) is 5.22. The number of pyridine rings is 1. The number of hydrogen-bond acceptors (Lipinski definition) is 3. The molecule has 0 aliphatic heterocycles.